The standard InChI is InChI=1S/C13H17Cl2N3/c1-10(11-3-4-12(14)13(15)9-11)16-18-7-5-17(2)6-8-18/h3-4,9H,5-8H2,1-2H3/p+1/b16-10-. The Morgan fingerprint density at radius 1 is 1.22 bits per heavy atom. The zero-order valence-corrected chi connectivity index (χ0v) is 12.2. The van der Waals surface area contributed by atoms with E-state index in [0.717, 1.165) is 37.5 Å². The summed E-state index contributed by atoms with van der Waals surface area (Å²) in [6.45, 7) is 6.29. The number of piperazine rings is 1. The lowest BCUT2D eigenvalue weighted by molar-refractivity contribution is -0.884. The topological polar surface area (TPSA) is 20.0 Å². The Morgan fingerprint density at radius 3 is 2.50 bits per heavy atom. The van der Waals surface area contributed by atoms with Crippen molar-refractivity contribution in [3.63, 3.8) is 0 Å². The van der Waals surface area contributed by atoms with Gasteiger partial charge < -0.3 is 4.90 Å². The summed E-state index contributed by atoms with van der Waals surface area (Å²) in [5, 5.41) is 7.93. The molecule has 0 aromatic heterocycles. The Balaban J connectivity index is 2.10. The number of quaternary nitrogens is 1. The molecule has 1 fully saturated rings. The number of rotatable bonds is 2. The Bertz CT molecular complexity index is 452. The van der Waals surface area contributed by atoms with Crippen molar-refractivity contribution in [1.29, 1.82) is 0 Å². The molecule has 1 saturated heterocycles. The van der Waals surface area contributed by atoms with Crippen molar-refractivity contribution in [3.05, 3.63) is 33.8 Å². The van der Waals surface area contributed by atoms with Gasteiger partial charge in [0.2, 0.25) is 0 Å². The Kier molecular flexibility index (Phi) is 4.49. The van der Waals surface area contributed by atoms with Crippen molar-refractivity contribution in [3.8, 4) is 0 Å². The van der Waals surface area contributed by atoms with Crippen molar-refractivity contribution in [2.24, 2.45) is 5.10 Å². The first kappa shape index (κ1) is 13.7. The second kappa shape index (κ2) is 5.91. The van der Waals surface area contributed by atoms with Crippen LogP contribution in [0.1, 0.15) is 12.5 Å². The molecule has 0 amide bonds. The van der Waals surface area contributed by atoms with E-state index in [0.29, 0.717) is 10.0 Å². The minimum absolute atomic E-state index is 0.575. The van der Waals surface area contributed by atoms with Crippen molar-refractivity contribution in [2.75, 3.05) is 33.2 Å². The van der Waals surface area contributed by atoms with Crippen molar-refractivity contribution in [2.45, 2.75) is 6.92 Å². The number of nitrogens with zero attached hydrogens (tertiary/aromatic N) is 2. The highest BCUT2D eigenvalue weighted by molar-refractivity contribution is 6.42. The van der Waals surface area contributed by atoms with Gasteiger partial charge in [-0.25, -0.2) is 0 Å². The highest BCUT2D eigenvalue weighted by atomic mass is 35.5. The predicted octanol–water partition coefficient (Wildman–Crippen LogP) is 1.55. The van der Waals surface area contributed by atoms with Crippen LogP contribution >= 0.6 is 23.2 Å². The maximum absolute atomic E-state index is 6.02. The molecule has 0 spiro atoms. The maximum atomic E-state index is 6.02. The molecular weight excluding hydrogens is 269 g/mol. The summed E-state index contributed by atoms with van der Waals surface area (Å²) < 4.78 is 0. The molecule has 3 nitrogen and oxygen atoms in total. The van der Waals surface area contributed by atoms with Crippen LogP contribution in [0.15, 0.2) is 23.3 Å². The fourth-order valence-corrected chi connectivity index (χ4v) is 2.27. The number of nitrogens with one attached hydrogen (secondary N) is 1. The van der Waals surface area contributed by atoms with Gasteiger partial charge in [0.05, 0.1) is 49.0 Å². The molecule has 1 aliphatic rings. The molecule has 0 aliphatic carbocycles. The molecule has 1 heterocycles. The molecule has 0 atom stereocenters. The average Bonchev–Trinajstić information content (AvgIpc) is 2.35. The van der Waals surface area contributed by atoms with Crippen LogP contribution in [0, 0.1) is 0 Å². The predicted molar refractivity (Wildman–Crippen MR) is 76.9 cm³/mol. The van der Waals surface area contributed by atoms with E-state index in [1.54, 1.807) is 4.90 Å². The molecule has 0 bridgehead atoms. The zero-order chi connectivity index (χ0) is 13.1. The second-order valence-corrected chi connectivity index (χ2v) is 5.54. The average molecular weight is 287 g/mol. The molecule has 98 valence electrons. The maximum Gasteiger partial charge on any atom is 0.0964 e. The van der Waals surface area contributed by atoms with E-state index in [2.05, 4.69) is 17.2 Å². The number of hydrazone groups is 1. The fraction of sp³-hybridized carbons (Fsp3) is 0.462. The summed E-state index contributed by atoms with van der Waals surface area (Å²) in [6.07, 6.45) is 0. The number of benzene rings is 1. The number of likely N-dealkylation sites (N-methyl/N-ethyl adjacent to an activating group) is 1. The van der Waals surface area contributed by atoms with Crippen LogP contribution in [0.3, 0.4) is 0 Å². The molecule has 1 aromatic carbocycles. The Hall–Kier alpha value is -0.770. The molecule has 5 heteroatoms. The van der Waals surface area contributed by atoms with Gasteiger partial charge in [-0.3, -0.25) is 5.01 Å². The van der Waals surface area contributed by atoms with Crippen LogP contribution in [0.25, 0.3) is 0 Å². The summed E-state index contributed by atoms with van der Waals surface area (Å²) in [5.41, 5.74) is 2.00. The van der Waals surface area contributed by atoms with Gasteiger partial charge in [0.1, 0.15) is 0 Å². The number of hydrogen-bond acceptors (Lipinski definition) is 2. The molecule has 0 radical (unpaired) electrons. The SMILES string of the molecule is C/C(=N/N1CC[NH+](C)CC1)c1ccc(Cl)c(Cl)c1. The van der Waals surface area contributed by atoms with E-state index < -0.39 is 0 Å². The lowest BCUT2D eigenvalue weighted by atomic mass is 10.1. The first-order valence-corrected chi connectivity index (χ1v) is 6.89. The lowest BCUT2D eigenvalue weighted by Crippen LogP contribution is -3.11. The molecular formula is C13H18Cl2N3+. The molecule has 1 N–H and O–H groups in total. The van der Waals surface area contributed by atoms with E-state index in [-0.39, 0.29) is 0 Å². The minimum atomic E-state index is 0.575. The molecule has 2 rings (SSSR count). The van der Waals surface area contributed by atoms with Crippen LogP contribution < -0.4 is 4.90 Å². The summed E-state index contributed by atoms with van der Waals surface area (Å²) in [4.78, 5) is 1.56. The van der Waals surface area contributed by atoms with E-state index in [4.69, 9.17) is 23.2 Å². The summed E-state index contributed by atoms with van der Waals surface area (Å²) >= 11 is 11.9. The zero-order valence-electron chi connectivity index (χ0n) is 10.7. The van der Waals surface area contributed by atoms with Crippen LogP contribution in [0.2, 0.25) is 10.0 Å². The van der Waals surface area contributed by atoms with Crippen molar-refractivity contribution < 1.29 is 4.90 Å². The summed E-state index contributed by atoms with van der Waals surface area (Å²) in [6, 6.07) is 5.63. The highest BCUT2D eigenvalue weighted by Gasteiger charge is 2.15. The first-order chi connectivity index (χ1) is 8.56. The number of halogens is 2. The second-order valence-electron chi connectivity index (χ2n) is 4.73. The van der Waals surface area contributed by atoms with Crippen molar-refractivity contribution >= 4 is 28.9 Å². The number of hydrogen-bond donors (Lipinski definition) is 1. The molecule has 0 saturated carbocycles. The van der Waals surface area contributed by atoms with Crippen molar-refractivity contribution in [1.82, 2.24) is 5.01 Å². The highest BCUT2D eigenvalue weighted by Crippen LogP contribution is 2.22. The van der Waals surface area contributed by atoms with Gasteiger partial charge in [-0.1, -0.05) is 29.3 Å². The third-order valence-electron chi connectivity index (χ3n) is 3.22. The van der Waals surface area contributed by atoms with E-state index in [1.807, 2.05) is 25.1 Å². The van der Waals surface area contributed by atoms with Gasteiger partial charge in [-0.2, -0.15) is 5.10 Å². The fourth-order valence-electron chi connectivity index (χ4n) is 1.97. The molecule has 0 unspecified atom stereocenters. The largest absolute Gasteiger partial charge is 0.334 e. The van der Waals surface area contributed by atoms with Gasteiger partial charge in [0, 0.05) is 0 Å². The third-order valence-corrected chi connectivity index (χ3v) is 3.96. The van der Waals surface area contributed by atoms with Gasteiger partial charge in [0.15, 0.2) is 0 Å². The van der Waals surface area contributed by atoms with Gasteiger partial charge in [-0.15, -0.1) is 0 Å². The van der Waals surface area contributed by atoms with Gasteiger partial charge in [0.25, 0.3) is 0 Å². The Morgan fingerprint density at radius 2 is 1.89 bits per heavy atom. The van der Waals surface area contributed by atoms with E-state index >= 15 is 0 Å². The van der Waals surface area contributed by atoms with Crippen LogP contribution in [-0.4, -0.2) is 43.9 Å². The van der Waals surface area contributed by atoms with Crippen LogP contribution in [-0.2, 0) is 0 Å². The first-order valence-electron chi connectivity index (χ1n) is 6.13. The summed E-state index contributed by atoms with van der Waals surface area (Å²) in [7, 11) is 2.22. The normalized spacial score (nSPS) is 18.2. The van der Waals surface area contributed by atoms with E-state index in [1.165, 1.54) is 0 Å². The minimum Gasteiger partial charge on any atom is -0.334 e. The summed E-state index contributed by atoms with van der Waals surface area (Å²) in [5.74, 6) is 0. The van der Waals surface area contributed by atoms with Gasteiger partial charge in [-0.05, 0) is 24.6 Å². The Labute approximate surface area is 118 Å². The monoisotopic (exact) mass is 286 g/mol. The lowest BCUT2D eigenvalue weighted by Gasteiger charge is -2.28. The van der Waals surface area contributed by atoms with Gasteiger partial charge >= 0.3 is 0 Å². The van der Waals surface area contributed by atoms with E-state index in [9.17, 15) is 0 Å². The molecule has 1 aromatic rings. The van der Waals surface area contributed by atoms with Crippen LogP contribution in [0.4, 0.5) is 0 Å². The van der Waals surface area contributed by atoms with Crippen LogP contribution in [0.5, 0.6) is 0 Å². The molecule has 1 aliphatic heterocycles. The third kappa shape index (κ3) is 3.37. The molecule has 18 heavy (non-hydrogen) atoms. The smallest absolute Gasteiger partial charge is 0.0964 e. The quantitative estimate of drug-likeness (QED) is 0.818.